The maximum atomic E-state index is 13.3. The summed E-state index contributed by atoms with van der Waals surface area (Å²) in [5, 5.41) is 14.5. The molecule has 2 N–H and O–H groups in total. The highest BCUT2D eigenvalue weighted by Gasteiger charge is 2.43. The van der Waals surface area contributed by atoms with Crippen LogP contribution in [0.2, 0.25) is 0 Å². The summed E-state index contributed by atoms with van der Waals surface area (Å²) in [4.78, 5) is 13.3. The predicted octanol–water partition coefficient (Wildman–Crippen LogP) is 6.17. The first-order chi connectivity index (χ1) is 16.0. The molecule has 2 atom stereocenters. The van der Waals surface area contributed by atoms with Gasteiger partial charge in [0.05, 0.1) is 12.2 Å². The lowest BCUT2D eigenvalue weighted by atomic mass is 9.80. The van der Waals surface area contributed by atoms with E-state index in [4.69, 9.17) is 9.47 Å². The number of esters is 1. The Balaban J connectivity index is 1.83. The van der Waals surface area contributed by atoms with E-state index in [1.165, 1.54) is 5.56 Å². The van der Waals surface area contributed by atoms with Crippen LogP contribution in [0, 0.1) is 0 Å². The third-order valence-electron chi connectivity index (χ3n) is 6.43. The molecule has 0 unspecified atom stereocenters. The van der Waals surface area contributed by atoms with Crippen molar-refractivity contribution in [3.05, 3.63) is 77.1 Å². The maximum Gasteiger partial charge on any atom is 0.338 e. The highest BCUT2D eigenvalue weighted by molar-refractivity contribution is 5.92. The average Bonchev–Trinajstić information content (AvgIpc) is 2.81. The SMILES string of the molecule is CCC[C@@]1(CCc2ccccc2)CC(O)=C([C@H](CC)c2cccc(NCCOC)c2)C(=O)O1. The van der Waals surface area contributed by atoms with Crippen LogP contribution in [0.5, 0.6) is 0 Å². The van der Waals surface area contributed by atoms with Gasteiger partial charge >= 0.3 is 5.97 Å². The van der Waals surface area contributed by atoms with E-state index >= 15 is 0 Å². The number of rotatable bonds is 12. The molecule has 5 nitrogen and oxygen atoms in total. The molecule has 0 saturated carbocycles. The van der Waals surface area contributed by atoms with Gasteiger partial charge in [-0.15, -0.1) is 0 Å². The highest BCUT2D eigenvalue weighted by Crippen LogP contribution is 2.42. The van der Waals surface area contributed by atoms with E-state index in [-0.39, 0.29) is 17.6 Å². The molecule has 0 spiro atoms. The number of anilines is 1. The van der Waals surface area contributed by atoms with Crippen LogP contribution in [0.1, 0.15) is 63.0 Å². The molecule has 178 valence electrons. The zero-order valence-corrected chi connectivity index (χ0v) is 20.1. The van der Waals surface area contributed by atoms with Crippen LogP contribution in [0.4, 0.5) is 5.69 Å². The molecule has 0 bridgehead atoms. The van der Waals surface area contributed by atoms with Crippen molar-refractivity contribution in [1.82, 2.24) is 0 Å². The molecule has 5 heteroatoms. The minimum absolute atomic E-state index is 0.178. The molecule has 0 aromatic heterocycles. The number of aryl methyl sites for hydroxylation is 1. The van der Waals surface area contributed by atoms with E-state index < -0.39 is 5.60 Å². The van der Waals surface area contributed by atoms with Crippen LogP contribution in [-0.2, 0) is 20.7 Å². The van der Waals surface area contributed by atoms with Crippen molar-refractivity contribution in [1.29, 1.82) is 0 Å². The quantitative estimate of drug-likeness (QED) is 0.298. The zero-order valence-electron chi connectivity index (χ0n) is 20.1. The minimum Gasteiger partial charge on any atom is -0.512 e. The summed E-state index contributed by atoms with van der Waals surface area (Å²) in [6, 6.07) is 18.2. The molecule has 0 amide bonds. The van der Waals surface area contributed by atoms with E-state index in [0.29, 0.717) is 38.0 Å². The Morgan fingerprint density at radius 3 is 2.58 bits per heavy atom. The normalized spacial score (nSPS) is 19.3. The summed E-state index contributed by atoms with van der Waals surface area (Å²) in [5.41, 5.74) is 2.92. The number of benzene rings is 2. The number of ether oxygens (including phenoxy) is 2. The summed E-state index contributed by atoms with van der Waals surface area (Å²) in [5.74, 6) is -0.419. The van der Waals surface area contributed by atoms with Crippen LogP contribution in [-0.4, -0.2) is 36.9 Å². The first-order valence-corrected chi connectivity index (χ1v) is 12.0. The van der Waals surface area contributed by atoms with Gasteiger partial charge in [-0.25, -0.2) is 4.79 Å². The number of hydrogen-bond donors (Lipinski definition) is 2. The molecule has 1 aliphatic rings. The molecular weight excluding hydrogens is 414 g/mol. The number of nitrogens with one attached hydrogen (secondary N) is 1. The van der Waals surface area contributed by atoms with Crippen molar-refractivity contribution in [2.75, 3.05) is 25.6 Å². The largest absolute Gasteiger partial charge is 0.512 e. The Kier molecular flexibility index (Phi) is 8.95. The highest BCUT2D eigenvalue weighted by atomic mass is 16.6. The van der Waals surface area contributed by atoms with Crippen LogP contribution in [0.3, 0.4) is 0 Å². The molecular formula is C28H37NO4. The molecule has 0 radical (unpaired) electrons. The van der Waals surface area contributed by atoms with E-state index in [2.05, 4.69) is 24.4 Å². The lowest BCUT2D eigenvalue weighted by Crippen LogP contribution is -2.41. The Morgan fingerprint density at radius 1 is 1.12 bits per heavy atom. The van der Waals surface area contributed by atoms with Gasteiger partial charge in [0.15, 0.2) is 0 Å². The summed E-state index contributed by atoms with van der Waals surface area (Å²) < 4.78 is 11.3. The van der Waals surface area contributed by atoms with Gasteiger partial charge in [0, 0.05) is 31.7 Å². The third kappa shape index (κ3) is 6.38. The first-order valence-electron chi connectivity index (χ1n) is 12.0. The van der Waals surface area contributed by atoms with E-state index in [1.54, 1.807) is 7.11 Å². The number of aliphatic hydroxyl groups excluding tert-OH is 1. The second-order valence-corrected chi connectivity index (χ2v) is 8.85. The molecule has 33 heavy (non-hydrogen) atoms. The van der Waals surface area contributed by atoms with Crippen LogP contribution >= 0.6 is 0 Å². The van der Waals surface area contributed by atoms with E-state index in [1.807, 2.05) is 49.4 Å². The third-order valence-corrected chi connectivity index (χ3v) is 6.43. The molecule has 1 aliphatic heterocycles. The van der Waals surface area contributed by atoms with Crippen molar-refractivity contribution in [3.8, 4) is 0 Å². The fourth-order valence-corrected chi connectivity index (χ4v) is 4.79. The molecule has 3 rings (SSSR count). The summed E-state index contributed by atoms with van der Waals surface area (Å²) >= 11 is 0. The Labute approximate surface area is 197 Å². The van der Waals surface area contributed by atoms with Gasteiger partial charge < -0.3 is 19.9 Å². The number of carbonyl (C=O) groups excluding carboxylic acids is 1. The van der Waals surface area contributed by atoms with Gasteiger partial charge in [0.1, 0.15) is 11.4 Å². The number of cyclic esters (lactones) is 1. The van der Waals surface area contributed by atoms with Gasteiger partial charge in [0.25, 0.3) is 0 Å². The molecule has 1 heterocycles. The summed E-state index contributed by atoms with van der Waals surface area (Å²) in [6.07, 6.45) is 4.19. The number of methoxy groups -OCH3 is 1. The lowest BCUT2D eigenvalue weighted by molar-refractivity contribution is -0.161. The smallest absolute Gasteiger partial charge is 0.338 e. The second kappa shape index (κ2) is 11.9. The maximum absolute atomic E-state index is 13.3. The van der Waals surface area contributed by atoms with Gasteiger partial charge in [-0.3, -0.25) is 0 Å². The van der Waals surface area contributed by atoms with Crippen LogP contribution in [0.25, 0.3) is 0 Å². The average molecular weight is 452 g/mol. The van der Waals surface area contributed by atoms with Gasteiger partial charge in [-0.05, 0) is 48.9 Å². The first kappa shape index (κ1) is 24.8. The molecule has 0 aliphatic carbocycles. The fourth-order valence-electron chi connectivity index (χ4n) is 4.79. The van der Waals surface area contributed by atoms with Crippen molar-refractivity contribution >= 4 is 11.7 Å². The summed E-state index contributed by atoms with van der Waals surface area (Å²) in [6.45, 7) is 5.44. The van der Waals surface area contributed by atoms with Crippen LogP contribution in [0.15, 0.2) is 65.9 Å². The predicted molar refractivity (Wildman–Crippen MR) is 133 cm³/mol. The Bertz CT molecular complexity index is 940. The van der Waals surface area contributed by atoms with Gasteiger partial charge in [-0.2, -0.15) is 0 Å². The summed E-state index contributed by atoms with van der Waals surface area (Å²) in [7, 11) is 1.67. The van der Waals surface area contributed by atoms with Crippen LogP contribution < -0.4 is 5.32 Å². The van der Waals surface area contributed by atoms with Gasteiger partial charge in [0.2, 0.25) is 0 Å². The number of carbonyl (C=O) groups is 1. The lowest BCUT2D eigenvalue weighted by Gasteiger charge is -2.38. The standard InChI is InChI=1S/C28H37NO4/c1-4-15-28(16-14-21-10-7-6-8-11-21)20-25(30)26(27(31)33-28)24(5-2)22-12-9-13-23(19-22)29-17-18-32-3/h6-13,19,24,29-30H,4-5,14-18,20H2,1-3H3/t24-,28-/m1/s1. The van der Waals surface area contributed by atoms with Gasteiger partial charge in [-0.1, -0.05) is 62.7 Å². The molecule has 2 aromatic carbocycles. The van der Waals surface area contributed by atoms with Crippen molar-refractivity contribution in [2.24, 2.45) is 0 Å². The number of aliphatic hydroxyl groups is 1. The zero-order chi connectivity index (χ0) is 23.7. The molecule has 2 aromatic rings. The fraction of sp³-hybridized carbons (Fsp3) is 0.464. The van der Waals surface area contributed by atoms with E-state index in [9.17, 15) is 9.90 Å². The van der Waals surface area contributed by atoms with Crippen molar-refractivity contribution < 1.29 is 19.4 Å². The monoisotopic (exact) mass is 451 g/mol. The second-order valence-electron chi connectivity index (χ2n) is 8.85. The molecule has 0 saturated heterocycles. The number of hydrogen-bond acceptors (Lipinski definition) is 5. The Hall–Kier alpha value is -2.79. The van der Waals surface area contributed by atoms with Crippen molar-refractivity contribution in [3.63, 3.8) is 0 Å². The van der Waals surface area contributed by atoms with E-state index in [0.717, 1.165) is 30.5 Å². The molecule has 0 fully saturated rings. The topological polar surface area (TPSA) is 67.8 Å². The minimum atomic E-state index is -0.656. The Morgan fingerprint density at radius 2 is 1.91 bits per heavy atom. The van der Waals surface area contributed by atoms with Crippen molar-refractivity contribution in [2.45, 2.75) is 63.9 Å².